The number of halogens is 1. The Morgan fingerprint density at radius 3 is 2.29 bits per heavy atom. The largest absolute Gasteiger partial charge is 0.449 e. The minimum atomic E-state index is -0.895. The first kappa shape index (κ1) is 15.1. The zero-order valence-electron chi connectivity index (χ0n) is 11.4. The van der Waals surface area contributed by atoms with Gasteiger partial charge in [-0.05, 0) is 43.3 Å². The summed E-state index contributed by atoms with van der Waals surface area (Å²) in [6.07, 6.45) is -0.895. The highest BCUT2D eigenvalue weighted by Gasteiger charge is 2.18. The average Bonchev–Trinajstić information content (AvgIpc) is 2.48. The van der Waals surface area contributed by atoms with Gasteiger partial charge in [-0.15, -0.1) is 0 Å². The van der Waals surface area contributed by atoms with Gasteiger partial charge in [0.05, 0.1) is 5.56 Å². The highest BCUT2D eigenvalue weighted by Crippen LogP contribution is 2.12. The predicted octanol–water partition coefficient (Wildman–Crippen LogP) is 3.52. The van der Waals surface area contributed by atoms with Crippen molar-refractivity contribution < 1.29 is 14.3 Å². The number of benzene rings is 2. The van der Waals surface area contributed by atoms with E-state index in [0.29, 0.717) is 16.3 Å². The first-order valence-corrected chi connectivity index (χ1v) is 6.76. The summed E-state index contributed by atoms with van der Waals surface area (Å²) in [5.41, 5.74) is 0.996. The van der Waals surface area contributed by atoms with Crippen molar-refractivity contribution in [1.29, 1.82) is 0 Å². The molecular weight excluding hydrogens is 290 g/mol. The fraction of sp³-hybridized carbons (Fsp3) is 0.125. The summed E-state index contributed by atoms with van der Waals surface area (Å²) in [4.78, 5) is 23.8. The summed E-state index contributed by atoms with van der Waals surface area (Å²) in [6, 6.07) is 15.2. The Labute approximate surface area is 127 Å². The van der Waals surface area contributed by atoms with Crippen LogP contribution in [-0.4, -0.2) is 18.0 Å². The minimum absolute atomic E-state index is 0.346. The zero-order valence-corrected chi connectivity index (χ0v) is 12.1. The summed E-state index contributed by atoms with van der Waals surface area (Å²) >= 11 is 5.75. The molecule has 4 nitrogen and oxygen atoms in total. The Morgan fingerprint density at radius 2 is 1.67 bits per heavy atom. The third-order valence-electron chi connectivity index (χ3n) is 2.77. The molecule has 0 saturated heterocycles. The second kappa shape index (κ2) is 6.90. The fourth-order valence-corrected chi connectivity index (χ4v) is 1.76. The number of anilines is 1. The van der Waals surface area contributed by atoms with Crippen molar-refractivity contribution in [3.05, 3.63) is 65.2 Å². The van der Waals surface area contributed by atoms with Crippen LogP contribution in [0.3, 0.4) is 0 Å². The zero-order chi connectivity index (χ0) is 15.2. The van der Waals surface area contributed by atoms with E-state index < -0.39 is 12.1 Å². The molecule has 0 unspecified atom stereocenters. The van der Waals surface area contributed by atoms with Crippen LogP contribution in [0.5, 0.6) is 0 Å². The standard InChI is InChI=1S/C16H14ClNO3/c1-11(15(19)18-14-5-3-2-4-6-14)21-16(20)12-7-9-13(17)10-8-12/h2-11H,1H3,(H,18,19)/t11-/m0/s1. The maximum Gasteiger partial charge on any atom is 0.338 e. The van der Waals surface area contributed by atoms with Crippen molar-refractivity contribution in [3.8, 4) is 0 Å². The number of nitrogens with one attached hydrogen (secondary N) is 1. The number of rotatable bonds is 4. The van der Waals surface area contributed by atoms with E-state index in [1.807, 2.05) is 6.07 Å². The van der Waals surface area contributed by atoms with Crippen LogP contribution in [0.25, 0.3) is 0 Å². The van der Waals surface area contributed by atoms with Gasteiger partial charge >= 0.3 is 5.97 Å². The van der Waals surface area contributed by atoms with Gasteiger partial charge in [0.2, 0.25) is 0 Å². The SMILES string of the molecule is C[C@H](OC(=O)c1ccc(Cl)cc1)C(=O)Nc1ccccc1. The lowest BCUT2D eigenvalue weighted by atomic mass is 10.2. The molecule has 0 aliphatic heterocycles. The molecule has 21 heavy (non-hydrogen) atoms. The van der Waals surface area contributed by atoms with Crippen molar-refractivity contribution in [1.82, 2.24) is 0 Å². The van der Waals surface area contributed by atoms with Crippen LogP contribution in [0.1, 0.15) is 17.3 Å². The third-order valence-corrected chi connectivity index (χ3v) is 3.03. The molecule has 2 aromatic carbocycles. The summed E-state index contributed by atoms with van der Waals surface area (Å²) < 4.78 is 5.12. The fourth-order valence-electron chi connectivity index (χ4n) is 1.63. The number of amides is 1. The average molecular weight is 304 g/mol. The summed E-state index contributed by atoms with van der Waals surface area (Å²) in [7, 11) is 0. The molecule has 0 aliphatic carbocycles. The Balaban J connectivity index is 1.94. The van der Waals surface area contributed by atoms with Crippen molar-refractivity contribution in [2.45, 2.75) is 13.0 Å². The van der Waals surface area contributed by atoms with Gasteiger partial charge in [-0.25, -0.2) is 4.79 Å². The Kier molecular flexibility index (Phi) is 4.95. The molecule has 0 spiro atoms. The van der Waals surface area contributed by atoms with E-state index in [2.05, 4.69) is 5.32 Å². The Hall–Kier alpha value is -2.33. The quantitative estimate of drug-likeness (QED) is 0.879. The van der Waals surface area contributed by atoms with Crippen molar-refractivity contribution in [3.63, 3.8) is 0 Å². The summed E-state index contributed by atoms with van der Waals surface area (Å²) in [5, 5.41) is 3.20. The first-order valence-electron chi connectivity index (χ1n) is 6.39. The molecule has 2 rings (SSSR count). The van der Waals surface area contributed by atoms with Crippen LogP contribution in [-0.2, 0) is 9.53 Å². The van der Waals surface area contributed by atoms with Crippen molar-refractivity contribution in [2.24, 2.45) is 0 Å². The van der Waals surface area contributed by atoms with Gasteiger partial charge in [-0.3, -0.25) is 4.79 Å². The number of para-hydroxylation sites is 1. The van der Waals surface area contributed by atoms with E-state index in [9.17, 15) is 9.59 Å². The highest BCUT2D eigenvalue weighted by molar-refractivity contribution is 6.30. The van der Waals surface area contributed by atoms with Gasteiger partial charge in [0.25, 0.3) is 5.91 Å². The molecule has 5 heteroatoms. The molecule has 0 bridgehead atoms. The summed E-state index contributed by atoms with van der Waals surface area (Å²) in [5.74, 6) is -0.953. The molecule has 108 valence electrons. The molecular formula is C16H14ClNO3. The van der Waals surface area contributed by atoms with E-state index in [4.69, 9.17) is 16.3 Å². The van der Waals surface area contributed by atoms with Crippen LogP contribution in [0.15, 0.2) is 54.6 Å². The number of hydrogen-bond acceptors (Lipinski definition) is 3. The number of carbonyl (C=O) groups excluding carboxylic acids is 2. The Bertz CT molecular complexity index is 626. The minimum Gasteiger partial charge on any atom is -0.449 e. The van der Waals surface area contributed by atoms with Crippen molar-refractivity contribution in [2.75, 3.05) is 5.32 Å². The van der Waals surface area contributed by atoms with Crippen LogP contribution >= 0.6 is 11.6 Å². The van der Waals surface area contributed by atoms with Crippen LogP contribution in [0.2, 0.25) is 5.02 Å². The van der Waals surface area contributed by atoms with E-state index in [1.165, 1.54) is 6.92 Å². The molecule has 1 amide bonds. The number of esters is 1. The number of ether oxygens (including phenoxy) is 1. The molecule has 1 N–H and O–H groups in total. The van der Waals surface area contributed by atoms with Gasteiger partial charge in [0.15, 0.2) is 6.10 Å². The molecule has 0 aliphatic rings. The molecule has 0 aromatic heterocycles. The Morgan fingerprint density at radius 1 is 1.05 bits per heavy atom. The normalized spacial score (nSPS) is 11.5. The van der Waals surface area contributed by atoms with Gasteiger partial charge in [0.1, 0.15) is 0 Å². The lowest BCUT2D eigenvalue weighted by Gasteiger charge is -2.13. The molecule has 0 fully saturated rings. The number of hydrogen-bond donors (Lipinski definition) is 1. The number of carbonyl (C=O) groups is 2. The topological polar surface area (TPSA) is 55.4 Å². The summed E-state index contributed by atoms with van der Waals surface area (Å²) in [6.45, 7) is 1.52. The monoisotopic (exact) mass is 303 g/mol. The predicted molar refractivity (Wildman–Crippen MR) is 81.4 cm³/mol. The van der Waals surface area contributed by atoms with Crippen LogP contribution in [0.4, 0.5) is 5.69 Å². The smallest absolute Gasteiger partial charge is 0.338 e. The molecule has 0 saturated carbocycles. The van der Waals surface area contributed by atoms with Gasteiger partial charge in [-0.2, -0.15) is 0 Å². The molecule has 2 aromatic rings. The first-order chi connectivity index (χ1) is 10.1. The van der Waals surface area contributed by atoms with Crippen LogP contribution < -0.4 is 5.32 Å². The lowest BCUT2D eigenvalue weighted by molar-refractivity contribution is -0.123. The van der Waals surface area contributed by atoms with E-state index in [0.717, 1.165) is 0 Å². The van der Waals surface area contributed by atoms with Gasteiger partial charge in [0, 0.05) is 10.7 Å². The van der Waals surface area contributed by atoms with E-state index >= 15 is 0 Å². The maximum atomic E-state index is 11.9. The van der Waals surface area contributed by atoms with Crippen molar-refractivity contribution >= 4 is 29.2 Å². The van der Waals surface area contributed by atoms with Gasteiger partial charge < -0.3 is 10.1 Å². The van der Waals surface area contributed by atoms with E-state index in [-0.39, 0.29) is 5.91 Å². The van der Waals surface area contributed by atoms with E-state index in [1.54, 1.807) is 48.5 Å². The van der Waals surface area contributed by atoms with Crippen LogP contribution in [0, 0.1) is 0 Å². The molecule has 0 heterocycles. The maximum absolute atomic E-state index is 11.9. The second-order valence-electron chi connectivity index (χ2n) is 4.41. The molecule has 0 radical (unpaired) electrons. The highest BCUT2D eigenvalue weighted by atomic mass is 35.5. The third kappa shape index (κ3) is 4.33. The lowest BCUT2D eigenvalue weighted by Crippen LogP contribution is -2.29. The van der Waals surface area contributed by atoms with Gasteiger partial charge in [-0.1, -0.05) is 29.8 Å². The molecule has 1 atom stereocenters. The second-order valence-corrected chi connectivity index (χ2v) is 4.85.